The van der Waals surface area contributed by atoms with E-state index in [-0.39, 0.29) is 5.56 Å². The number of halogens is 3. The van der Waals surface area contributed by atoms with Crippen molar-refractivity contribution in [2.75, 3.05) is 0 Å². The Morgan fingerprint density at radius 3 is 2.37 bits per heavy atom. The van der Waals surface area contributed by atoms with E-state index in [4.69, 9.17) is 9.52 Å². The summed E-state index contributed by atoms with van der Waals surface area (Å²) in [6.07, 6.45) is -6.07. The first-order valence-corrected chi connectivity index (χ1v) is 7.72. The van der Waals surface area contributed by atoms with Gasteiger partial charge < -0.3 is 14.8 Å². The lowest BCUT2D eigenvalue weighted by molar-refractivity contribution is -0.175. The zero-order chi connectivity index (χ0) is 19.8. The van der Waals surface area contributed by atoms with Gasteiger partial charge in [-0.2, -0.15) is 13.2 Å². The maximum atomic E-state index is 12.4. The lowest BCUT2D eigenvalue weighted by Gasteiger charge is -2.15. The second-order valence-electron chi connectivity index (χ2n) is 5.80. The molecule has 140 valence electrons. The molecule has 0 saturated carbocycles. The van der Waals surface area contributed by atoms with E-state index in [0.29, 0.717) is 16.6 Å². The number of carbonyl (C=O) groups excluding carboxylic acids is 2. The smallest absolute Gasteiger partial charge is 0.471 e. The van der Waals surface area contributed by atoms with E-state index in [1.165, 1.54) is 23.5 Å². The van der Waals surface area contributed by atoms with Crippen molar-refractivity contribution in [3.05, 3.63) is 48.0 Å². The Balaban J connectivity index is 1.86. The summed E-state index contributed by atoms with van der Waals surface area (Å²) in [7, 11) is 0. The van der Waals surface area contributed by atoms with Crippen molar-refractivity contribution in [1.82, 2.24) is 5.32 Å². The molecule has 2 aromatic carbocycles. The van der Waals surface area contributed by atoms with Crippen LogP contribution in [0.15, 0.2) is 46.9 Å². The number of hydrogen-bond acceptors (Lipinski definition) is 4. The van der Waals surface area contributed by atoms with Crippen LogP contribution >= 0.6 is 0 Å². The molecule has 9 heteroatoms. The highest BCUT2D eigenvalue weighted by Crippen LogP contribution is 2.29. The molecule has 1 heterocycles. The molecule has 27 heavy (non-hydrogen) atoms. The average Bonchev–Trinajstić information content (AvgIpc) is 2.97. The van der Waals surface area contributed by atoms with Gasteiger partial charge in [0, 0.05) is 22.8 Å². The van der Waals surface area contributed by atoms with Crippen molar-refractivity contribution >= 4 is 39.6 Å². The second-order valence-corrected chi connectivity index (χ2v) is 5.80. The third-order valence-corrected chi connectivity index (χ3v) is 3.95. The molecule has 6 nitrogen and oxygen atoms in total. The number of hydrogen-bond donors (Lipinski definition) is 2. The maximum Gasteiger partial charge on any atom is 0.471 e. The first kappa shape index (κ1) is 18.4. The first-order chi connectivity index (χ1) is 12.7. The number of carboxylic acid groups (broad SMARTS) is 1. The summed E-state index contributed by atoms with van der Waals surface area (Å²) in [5.74, 6) is -4.88. The third-order valence-electron chi connectivity index (χ3n) is 3.95. The van der Waals surface area contributed by atoms with Gasteiger partial charge in [0.25, 0.3) is 0 Å². The predicted octanol–water partition coefficient (Wildman–Crippen LogP) is 3.29. The molecular formula is C18H12F3NO5. The minimum absolute atomic E-state index is 0.0987. The molecule has 0 fully saturated rings. The molecule has 1 aromatic heterocycles. The van der Waals surface area contributed by atoms with E-state index in [9.17, 15) is 27.6 Å². The molecule has 0 radical (unpaired) electrons. The predicted molar refractivity (Wildman–Crippen MR) is 88.3 cm³/mol. The number of nitrogens with one attached hydrogen (secondary N) is 1. The van der Waals surface area contributed by atoms with Crippen LogP contribution in [0.4, 0.5) is 13.2 Å². The Kier molecular flexibility index (Phi) is 4.61. The van der Waals surface area contributed by atoms with Crippen molar-refractivity contribution in [1.29, 1.82) is 0 Å². The SMILES string of the molecule is O=C(CC(NC(=O)C(F)(F)F)C(=O)O)c1ccc2oc3ccccc3c2c1. The quantitative estimate of drug-likeness (QED) is 0.663. The van der Waals surface area contributed by atoms with Gasteiger partial charge in [0.1, 0.15) is 17.2 Å². The van der Waals surface area contributed by atoms with E-state index in [1.54, 1.807) is 24.3 Å². The van der Waals surface area contributed by atoms with Crippen LogP contribution in [-0.4, -0.2) is 35.0 Å². The van der Waals surface area contributed by atoms with Crippen molar-refractivity contribution in [2.45, 2.75) is 18.6 Å². The third kappa shape index (κ3) is 3.76. The summed E-state index contributed by atoms with van der Waals surface area (Å²) in [4.78, 5) is 34.5. The average molecular weight is 379 g/mol. The molecule has 0 aliphatic carbocycles. The van der Waals surface area contributed by atoms with Gasteiger partial charge in [-0.3, -0.25) is 9.59 Å². The minimum Gasteiger partial charge on any atom is -0.480 e. The number of furan rings is 1. The molecule has 0 saturated heterocycles. The van der Waals surface area contributed by atoms with Gasteiger partial charge >= 0.3 is 18.1 Å². The lowest BCUT2D eigenvalue weighted by Crippen LogP contribution is -2.47. The summed E-state index contributed by atoms with van der Waals surface area (Å²) >= 11 is 0. The molecule has 1 amide bonds. The molecule has 1 unspecified atom stereocenters. The van der Waals surface area contributed by atoms with Crippen molar-refractivity contribution in [2.24, 2.45) is 0 Å². The van der Waals surface area contributed by atoms with Gasteiger partial charge in [0.05, 0.1) is 0 Å². The summed E-state index contributed by atoms with van der Waals surface area (Å²) < 4.78 is 42.6. The summed E-state index contributed by atoms with van der Waals surface area (Å²) in [6.45, 7) is 0. The molecule has 0 aliphatic heterocycles. The fourth-order valence-corrected chi connectivity index (χ4v) is 2.64. The van der Waals surface area contributed by atoms with Crippen molar-refractivity contribution in [3.8, 4) is 0 Å². The minimum atomic E-state index is -5.24. The van der Waals surface area contributed by atoms with Crippen LogP contribution in [0.25, 0.3) is 21.9 Å². The van der Waals surface area contributed by atoms with E-state index in [2.05, 4.69) is 0 Å². The number of carbonyl (C=O) groups is 3. The van der Waals surface area contributed by atoms with Gasteiger partial charge in [-0.25, -0.2) is 4.79 Å². The van der Waals surface area contributed by atoms with Crippen LogP contribution < -0.4 is 5.32 Å². The lowest BCUT2D eigenvalue weighted by atomic mass is 10.0. The zero-order valence-corrected chi connectivity index (χ0v) is 13.5. The molecule has 0 bridgehead atoms. The highest BCUT2D eigenvalue weighted by Gasteiger charge is 2.41. The van der Waals surface area contributed by atoms with Gasteiger partial charge in [0.2, 0.25) is 0 Å². The number of ketones is 1. The van der Waals surface area contributed by atoms with Crippen LogP contribution in [0.1, 0.15) is 16.8 Å². The van der Waals surface area contributed by atoms with E-state index >= 15 is 0 Å². The monoisotopic (exact) mass is 379 g/mol. The van der Waals surface area contributed by atoms with Crippen LogP contribution in [0.5, 0.6) is 0 Å². The zero-order valence-electron chi connectivity index (χ0n) is 13.5. The van der Waals surface area contributed by atoms with Gasteiger partial charge in [0.15, 0.2) is 5.78 Å². The molecule has 0 spiro atoms. The van der Waals surface area contributed by atoms with Gasteiger partial charge in [-0.15, -0.1) is 0 Å². The summed E-state index contributed by atoms with van der Waals surface area (Å²) in [5.41, 5.74) is 1.20. The number of Topliss-reactive ketones (excluding diaryl/α,β-unsaturated/α-hetero) is 1. The highest BCUT2D eigenvalue weighted by atomic mass is 19.4. The van der Waals surface area contributed by atoms with Crippen LogP contribution in [0.3, 0.4) is 0 Å². The largest absolute Gasteiger partial charge is 0.480 e. The van der Waals surface area contributed by atoms with Crippen LogP contribution in [-0.2, 0) is 9.59 Å². The van der Waals surface area contributed by atoms with E-state index in [0.717, 1.165) is 5.39 Å². The Bertz CT molecular complexity index is 1050. The van der Waals surface area contributed by atoms with Crippen LogP contribution in [0.2, 0.25) is 0 Å². The number of carboxylic acids is 1. The number of alkyl halides is 3. The number of para-hydroxylation sites is 1. The fraction of sp³-hybridized carbons (Fsp3) is 0.167. The first-order valence-electron chi connectivity index (χ1n) is 7.72. The fourth-order valence-electron chi connectivity index (χ4n) is 2.64. The van der Waals surface area contributed by atoms with Gasteiger partial charge in [-0.05, 0) is 24.3 Å². The standard InChI is InChI=1S/C18H12F3NO5/c19-18(20,21)17(26)22-12(16(24)25)8-13(23)9-5-6-15-11(7-9)10-3-1-2-4-14(10)27-15/h1-7,12H,8H2,(H,22,26)(H,24,25). The maximum absolute atomic E-state index is 12.4. The number of benzene rings is 2. The molecule has 1 atom stereocenters. The van der Waals surface area contributed by atoms with Crippen LogP contribution in [0, 0.1) is 0 Å². The molecule has 3 rings (SSSR count). The number of amides is 1. The van der Waals surface area contributed by atoms with Crippen molar-refractivity contribution < 1.29 is 37.1 Å². The molecule has 3 aromatic rings. The second kappa shape index (κ2) is 6.75. The van der Waals surface area contributed by atoms with Gasteiger partial charge in [-0.1, -0.05) is 18.2 Å². The number of aliphatic carboxylic acids is 1. The Morgan fingerprint density at radius 1 is 1.04 bits per heavy atom. The number of fused-ring (bicyclic) bond motifs is 3. The number of rotatable bonds is 5. The molecular weight excluding hydrogens is 367 g/mol. The molecule has 2 N–H and O–H groups in total. The Morgan fingerprint density at radius 2 is 1.70 bits per heavy atom. The topological polar surface area (TPSA) is 96.6 Å². The molecule has 0 aliphatic rings. The summed E-state index contributed by atoms with van der Waals surface area (Å²) in [5, 5.41) is 11.7. The Labute approximate surface area is 149 Å². The Hall–Kier alpha value is -3.36. The van der Waals surface area contributed by atoms with Crippen molar-refractivity contribution in [3.63, 3.8) is 0 Å². The van der Waals surface area contributed by atoms with E-state index in [1.807, 2.05) is 0 Å². The normalized spacial score (nSPS) is 12.9. The van der Waals surface area contributed by atoms with E-state index < -0.39 is 36.3 Å². The summed E-state index contributed by atoms with van der Waals surface area (Å²) in [6, 6.07) is 9.46. The highest BCUT2D eigenvalue weighted by molar-refractivity contribution is 6.09.